The highest BCUT2D eigenvalue weighted by atomic mass is 16.2. The zero-order chi connectivity index (χ0) is 19.4. The Balaban J connectivity index is 2.33. The third-order valence-electron chi connectivity index (χ3n) is 4.15. The van der Waals surface area contributed by atoms with Crippen LogP contribution in [0.5, 0.6) is 0 Å². The Morgan fingerprint density at radius 1 is 1.04 bits per heavy atom. The second-order valence-corrected chi connectivity index (χ2v) is 5.83. The van der Waals surface area contributed by atoms with Gasteiger partial charge in [-0.1, -0.05) is 25.1 Å². The molecule has 1 heterocycles. The summed E-state index contributed by atoms with van der Waals surface area (Å²) in [5, 5.41) is 5.82. The standard InChI is InChI=1S/C18H22N4O4/c1-5-11(15-16(24)21(3)18(26)22(4)17(15)25)19-12-9-7-8-10-13(12)20-14(23)6-2/h5,7-10,15,19H,6H2,1-4H3,(H,20,23)/b11-5+. The van der Waals surface area contributed by atoms with Crippen LogP contribution in [0.4, 0.5) is 16.2 Å². The summed E-state index contributed by atoms with van der Waals surface area (Å²) < 4.78 is 0. The van der Waals surface area contributed by atoms with Crippen LogP contribution in [0.3, 0.4) is 0 Å². The monoisotopic (exact) mass is 358 g/mol. The lowest BCUT2D eigenvalue weighted by Gasteiger charge is -2.34. The number of barbiturate groups is 1. The minimum atomic E-state index is -1.15. The van der Waals surface area contributed by atoms with E-state index in [1.807, 2.05) is 0 Å². The van der Waals surface area contributed by atoms with Gasteiger partial charge in [0.2, 0.25) is 17.7 Å². The van der Waals surface area contributed by atoms with Crippen molar-refractivity contribution in [3.8, 4) is 0 Å². The predicted molar refractivity (Wildman–Crippen MR) is 97.2 cm³/mol. The van der Waals surface area contributed by atoms with Crippen molar-refractivity contribution in [3.05, 3.63) is 36.0 Å². The number of nitrogens with zero attached hydrogens (tertiary/aromatic N) is 2. The van der Waals surface area contributed by atoms with Gasteiger partial charge in [0, 0.05) is 26.2 Å². The number of rotatable bonds is 5. The first-order valence-electron chi connectivity index (χ1n) is 8.23. The molecule has 138 valence electrons. The number of imide groups is 2. The molecule has 0 bridgehead atoms. The van der Waals surface area contributed by atoms with Gasteiger partial charge in [0.25, 0.3) is 0 Å². The molecule has 1 aliphatic heterocycles. The van der Waals surface area contributed by atoms with Gasteiger partial charge in [-0.25, -0.2) is 4.79 Å². The molecule has 26 heavy (non-hydrogen) atoms. The van der Waals surface area contributed by atoms with Crippen LogP contribution in [0.2, 0.25) is 0 Å². The van der Waals surface area contributed by atoms with Gasteiger partial charge in [0.15, 0.2) is 5.92 Å². The average Bonchev–Trinajstić information content (AvgIpc) is 2.65. The molecule has 5 amide bonds. The van der Waals surface area contributed by atoms with Gasteiger partial charge < -0.3 is 10.6 Å². The number of allylic oxidation sites excluding steroid dienone is 1. The molecular formula is C18H22N4O4. The predicted octanol–water partition coefficient (Wildman–Crippen LogP) is 2.02. The summed E-state index contributed by atoms with van der Waals surface area (Å²) in [5.74, 6) is -2.51. The van der Waals surface area contributed by atoms with E-state index < -0.39 is 23.8 Å². The van der Waals surface area contributed by atoms with Crippen molar-refractivity contribution in [2.45, 2.75) is 20.3 Å². The number of benzene rings is 1. The summed E-state index contributed by atoms with van der Waals surface area (Å²) in [7, 11) is 2.67. The first-order valence-corrected chi connectivity index (χ1v) is 8.23. The summed E-state index contributed by atoms with van der Waals surface area (Å²) in [6, 6.07) is 6.31. The number of hydrogen-bond acceptors (Lipinski definition) is 5. The molecule has 8 nitrogen and oxygen atoms in total. The SMILES string of the molecule is C/C=C(/Nc1ccccc1NC(=O)CC)C1C(=O)N(C)C(=O)N(C)C1=O. The van der Waals surface area contributed by atoms with Gasteiger partial charge in [-0.3, -0.25) is 24.2 Å². The molecule has 1 fully saturated rings. The zero-order valence-corrected chi connectivity index (χ0v) is 15.2. The van der Waals surface area contributed by atoms with E-state index in [1.165, 1.54) is 14.1 Å². The summed E-state index contributed by atoms with van der Waals surface area (Å²) in [6.45, 7) is 3.43. The maximum atomic E-state index is 12.5. The lowest BCUT2D eigenvalue weighted by Crippen LogP contribution is -2.57. The first-order chi connectivity index (χ1) is 12.3. The maximum Gasteiger partial charge on any atom is 0.332 e. The minimum Gasteiger partial charge on any atom is -0.356 e. The number of nitrogens with one attached hydrogen (secondary N) is 2. The summed E-state index contributed by atoms with van der Waals surface area (Å²) in [4.78, 5) is 50.4. The van der Waals surface area contributed by atoms with Gasteiger partial charge in [-0.15, -0.1) is 0 Å². The molecule has 0 radical (unpaired) electrons. The number of carbonyl (C=O) groups is 4. The van der Waals surface area contributed by atoms with Crippen LogP contribution in [-0.4, -0.2) is 47.6 Å². The summed E-state index contributed by atoms with van der Waals surface area (Å²) >= 11 is 0. The lowest BCUT2D eigenvalue weighted by atomic mass is 9.99. The minimum absolute atomic E-state index is 0.156. The number of para-hydroxylation sites is 2. The van der Waals surface area contributed by atoms with Gasteiger partial charge in [0.05, 0.1) is 11.4 Å². The van der Waals surface area contributed by atoms with Gasteiger partial charge in [-0.2, -0.15) is 0 Å². The van der Waals surface area contributed by atoms with E-state index in [1.54, 1.807) is 44.2 Å². The van der Waals surface area contributed by atoms with Gasteiger partial charge in [0.1, 0.15) is 0 Å². The van der Waals surface area contributed by atoms with E-state index in [9.17, 15) is 19.2 Å². The van der Waals surface area contributed by atoms with Gasteiger partial charge in [-0.05, 0) is 19.1 Å². The van der Waals surface area contributed by atoms with Crippen LogP contribution >= 0.6 is 0 Å². The smallest absolute Gasteiger partial charge is 0.332 e. The third-order valence-corrected chi connectivity index (χ3v) is 4.15. The summed E-state index contributed by atoms with van der Waals surface area (Å²) in [5.41, 5.74) is 1.42. The Morgan fingerprint density at radius 2 is 1.54 bits per heavy atom. The Labute approximate surface area is 151 Å². The molecule has 1 saturated heterocycles. The van der Waals surface area contributed by atoms with Crippen molar-refractivity contribution in [1.29, 1.82) is 0 Å². The number of anilines is 2. The molecule has 0 aromatic heterocycles. The number of carbonyl (C=O) groups excluding carboxylic acids is 4. The van der Waals surface area contributed by atoms with Crippen LogP contribution in [-0.2, 0) is 14.4 Å². The van der Waals surface area contributed by atoms with E-state index >= 15 is 0 Å². The molecule has 1 aliphatic rings. The van der Waals surface area contributed by atoms with E-state index in [4.69, 9.17) is 0 Å². The van der Waals surface area contributed by atoms with E-state index in [0.29, 0.717) is 23.5 Å². The second-order valence-electron chi connectivity index (χ2n) is 5.83. The molecule has 8 heteroatoms. The summed E-state index contributed by atoms with van der Waals surface area (Å²) in [6.07, 6.45) is 1.93. The molecule has 1 aromatic rings. The zero-order valence-electron chi connectivity index (χ0n) is 15.2. The largest absolute Gasteiger partial charge is 0.356 e. The number of urea groups is 1. The Kier molecular flexibility index (Phi) is 5.76. The van der Waals surface area contributed by atoms with E-state index in [-0.39, 0.29) is 5.91 Å². The first kappa shape index (κ1) is 19.2. The van der Waals surface area contributed by atoms with Crippen molar-refractivity contribution in [3.63, 3.8) is 0 Å². The van der Waals surface area contributed by atoms with Crippen molar-refractivity contribution < 1.29 is 19.2 Å². The molecule has 0 saturated carbocycles. The Bertz CT molecular complexity index is 763. The maximum absolute atomic E-state index is 12.5. The highest BCUT2D eigenvalue weighted by molar-refractivity contribution is 6.17. The highest BCUT2D eigenvalue weighted by Gasteiger charge is 2.44. The van der Waals surface area contributed by atoms with E-state index in [0.717, 1.165) is 9.80 Å². The van der Waals surface area contributed by atoms with Crippen molar-refractivity contribution in [2.24, 2.45) is 5.92 Å². The quantitative estimate of drug-likeness (QED) is 0.785. The molecule has 2 N–H and O–H groups in total. The molecular weight excluding hydrogens is 336 g/mol. The average molecular weight is 358 g/mol. The Morgan fingerprint density at radius 3 is 2.00 bits per heavy atom. The highest BCUT2D eigenvalue weighted by Crippen LogP contribution is 2.28. The normalized spacial score (nSPS) is 16.2. The fraction of sp³-hybridized carbons (Fsp3) is 0.333. The molecule has 2 rings (SSSR count). The number of amides is 5. The van der Waals surface area contributed by atoms with Crippen LogP contribution in [0, 0.1) is 5.92 Å². The second kappa shape index (κ2) is 7.81. The fourth-order valence-corrected chi connectivity index (χ4v) is 2.58. The number of hydrogen-bond donors (Lipinski definition) is 2. The van der Waals surface area contributed by atoms with Crippen molar-refractivity contribution >= 4 is 35.1 Å². The fourth-order valence-electron chi connectivity index (χ4n) is 2.58. The van der Waals surface area contributed by atoms with E-state index in [2.05, 4.69) is 10.6 Å². The Hall–Kier alpha value is -3.16. The molecule has 0 atom stereocenters. The molecule has 1 aromatic carbocycles. The van der Waals surface area contributed by atoms with Crippen LogP contribution < -0.4 is 10.6 Å². The lowest BCUT2D eigenvalue weighted by molar-refractivity contribution is -0.145. The third kappa shape index (κ3) is 3.58. The van der Waals surface area contributed by atoms with Crippen molar-refractivity contribution in [2.75, 3.05) is 24.7 Å². The molecule has 0 spiro atoms. The topological polar surface area (TPSA) is 98.8 Å². The van der Waals surface area contributed by atoms with Crippen LogP contribution in [0.1, 0.15) is 20.3 Å². The molecule has 0 unspecified atom stereocenters. The van der Waals surface area contributed by atoms with Gasteiger partial charge >= 0.3 is 6.03 Å². The van der Waals surface area contributed by atoms with Crippen LogP contribution in [0.15, 0.2) is 36.0 Å². The van der Waals surface area contributed by atoms with Crippen molar-refractivity contribution in [1.82, 2.24) is 9.80 Å². The van der Waals surface area contributed by atoms with Crippen LogP contribution in [0.25, 0.3) is 0 Å². The molecule has 0 aliphatic carbocycles.